The lowest BCUT2D eigenvalue weighted by molar-refractivity contribution is -0.116. The van der Waals surface area contributed by atoms with Crippen molar-refractivity contribution in [2.24, 2.45) is 5.73 Å². The molecular weight excluding hydrogens is 640 g/mol. The summed E-state index contributed by atoms with van der Waals surface area (Å²) < 4.78 is 35.1. The number of rotatable bonds is 21. The van der Waals surface area contributed by atoms with Crippen LogP contribution in [0.2, 0.25) is 0 Å². The van der Waals surface area contributed by atoms with E-state index in [0.717, 1.165) is 97.4 Å². The first kappa shape index (κ1) is 37.0. The Labute approximate surface area is 293 Å². The second-order valence-corrected chi connectivity index (χ2v) is 12.0. The molecular formula is C37H50N6O7. The largest absolute Gasteiger partial charge is 0.499 e. The van der Waals surface area contributed by atoms with Gasteiger partial charge in [0.15, 0.2) is 0 Å². The third-order valence-electron chi connectivity index (χ3n) is 8.42. The van der Waals surface area contributed by atoms with E-state index >= 15 is 0 Å². The Morgan fingerprint density at radius 3 is 2.50 bits per heavy atom. The highest BCUT2D eigenvalue weighted by Gasteiger charge is 2.17. The van der Waals surface area contributed by atoms with Gasteiger partial charge >= 0.3 is 0 Å². The van der Waals surface area contributed by atoms with Crippen molar-refractivity contribution in [3.63, 3.8) is 0 Å². The smallest absolute Gasteiger partial charge is 0.247 e. The minimum atomic E-state index is -0.254. The van der Waals surface area contributed by atoms with Gasteiger partial charge in [-0.05, 0) is 55.7 Å². The predicted molar refractivity (Wildman–Crippen MR) is 190 cm³/mol. The van der Waals surface area contributed by atoms with Gasteiger partial charge in [-0.15, -0.1) is 0 Å². The maximum absolute atomic E-state index is 12.0. The van der Waals surface area contributed by atoms with Crippen LogP contribution in [0.4, 0.5) is 0 Å². The number of hydrogen-bond acceptors (Lipinski definition) is 11. The van der Waals surface area contributed by atoms with Crippen LogP contribution in [-0.2, 0) is 43.1 Å². The number of aromatic nitrogens is 3. The molecule has 0 bridgehead atoms. The number of aryl methyl sites for hydroxylation is 4. The molecule has 2 aromatic carbocycles. The van der Waals surface area contributed by atoms with Gasteiger partial charge in [0, 0.05) is 50.8 Å². The number of amides is 1. The molecule has 3 heterocycles. The number of imidazole rings is 1. The third-order valence-corrected chi connectivity index (χ3v) is 8.42. The van der Waals surface area contributed by atoms with Crippen LogP contribution in [0.5, 0.6) is 5.75 Å². The van der Waals surface area contributed by atoms with Gasteiger partial charge in [0.1, 0.15) is 30.5 Å². The molecule has 13 nitrogen and oxygen atoms in total. The molecule has 1 amide bonds. The summed E-state index contributed by atoms with van der Waals surface area (Å²) in [5.41, 5.74) is 11.6. The highest BCUT2D eigenvalue weighted by atomic mass is 16.5. The van der Waals surface area contributed by atoms with E-state index in [1.165, 1.54) is 17.9 Å². The zero-order valence-corrected chi connectivity index (χ0v) is 29.2. The molecule has 0 atom stereocenters. The molecule has 0 radical (unpaired) electrons. The molecule has 1 aliphatic heterocycles. The normalized spacial score (nSPS) is 13.7. The number of nitrogens with zero attached hydrogens (tertiary/aromatic N) is 4. The van der Waals surface area contributed by atoms with E-state index in [1.54, 1.807) is 0 Å². The number of nitrogens with two attached hydrogens (primary N) is 1. The Morgan fingerprint density at radius 2 is 1.74 bits per heavy atom. The Kier molecular flexibility index (Phi) is 14.6. The molecule has 4 aromatic rings. The van der Waals surface area contributed by atoms with Crippen molar-refractivity contribution in [1.29, 1.82) is 0 Å². The van der Waals surface area contributed by atoms with E-state index in [2.05, 4.69) is 50.3 Å². The molecule has 5 rings (SSSR count). The summed E-state index contributed by atoms with van der Waals surface area (Å²) in [5.74, 6) is 2.37. The second-order valence-electron chi connectivity index (χ2n) is 12.0. The van der Waals surface area contributed by atoms with Gasteiger partial charge in [0.25, 0.3) is 0 Å². The van der Waals surface area contributed by atoms with E-state index in [1.807, 2.05) is 26.0 Å². The van der Waals surface area contributed by atoms with Gasteiger partial charge in [0.2, 0.25) is 5.91 Å². The monoisotopic (exact) mass is 690 g/mol. The summed E-state index contributed by atoms with van der Waals surface area (Å²) in [6, 6.07) is 14.6. The summed E-state index contributed by atoms with van der Waals surface area (Å²) in [4.78, 5) is 19.6. The molecule has 0 aliphatic carbocycles. The van der Waals surface area contributed by atoms with Gasteiger partial charge in [-0.2, -0.15) is 0 Å². The fourth-order valence-corrected chi connectivity index (χ4v) is 5.84. The third kappa shape index (κ3) is 11.1. The summed E-state index contributed by atoms with van der Waals surface area (Å²) in [6.45, 7) is 12.7. The number of ether oxygens (including phenoxy) is 5. The molecule has 0 spiro atoms. The number of carbonyl (C=O) groups is 1. The fraction of sp³-hybridized carbons (Fsp3) is 0.486. The zero-order valence-electron chi connectivity index (χ0n) is 29.2. The predicted octanol–water partition coefficient (Wildman–Crippen LogP) is 3.44. The van der Waals surface area contributed by atoms with Crippen molar-refractivity contribution < 1.29 is 33.0 Å². The number of benzene rings is 2. The van der Waals surface area contributed by atoms with E-state index in [4.69, 9.17) is 38.9 Å². The lowest BCUT2D eigenvalue weighted by Crippen LogP contribution is -2.38. The number of hydrogen-bond donors (Lipinski definition) is 2. The van der Waals surface area contributed by atoms with Crippen LogP contribution in [0.3, 0.4) is 0 Å². The lowest BCUT2D eigenvalue weighted by Gasteiger charge is -2.27. The molecule has 0 saturated carbocycles. The Balaban J connectivity index is 1.08. The number of nitrogens with one attached hydrogen (secondary N) is 1. The summed E-state index contributed by atoms with van der Waals surface area (Å²) in [5, 5.41) is 6.93. The van der Waals surface area contributed by atoms with Gasteiger partial charge in [-0.1, -0.05) is 23.4 Å². The SMILES string of the molecule is Cc1noc(C)c1-c1ccc2c(c1)nc(CCc1ccc(OCCNC(=O)C=COCCOCCOCCN)cc1)n2CCN1CCOCC1. The van der Waals surface area contributed by atoms with E-state index in [-0.39, 0.29) is 5.91 Å². The molecule has 2 aromatic heterocycles. The summed E-state index contributed by atoms with van der Waals surface area (Å²) in [6.07, 6.45) is 4.35. The van der Waals surface area contributed by atoms with Crippen LogP contribution >= 0.6 is 0 Å². The first-order chi connectivity index (χ1) is 24.5. The van der Waals surface area contributed by atoms with Crippen molar-refractivity contribution in [2.45, 2.75) is 33.2 Å². The fourth-order valence-electron chi connectivity index (χ4n) is 5.84. The zero-order chi connectivity index (χ0) is 35.0. The average Bonchev–Trinajstić information content (AvgIpc) is 3.66. The maximum Gasteiger partial charge on any atom is 0.247 e. The minimum Gasteiger partial charge on any atom is -0.499 e. The van der Waals surface area contributed by atoms with Crippen molar-refractivity contribution in [2.75, 3.05) is 85.6 Å². The Hall–Kier alpha value is -4.27. The Morgan fingerprint density at radius 1 is 0.960 bits per heavy atom. The molecule has 1 fully saturated rings. The molecule has 270 valence electrons. The second kappa shape index (κ2) is 19.8. The van der Waals surface area contributed by atoms with Gasteiger partial charge in [0.05, 0.1) is 69.2 Å². The van der Waals surface area contributed by atoms with E-state index in [9.17, 15) is 4.79 Å². The first-order valence-electron chi connectivity index (χ1n) is 17.4. The summed E-state index contributed by atoms with van der Waals surface area (Å²) in [7, 11) is 0. The minimum absolute atomic E-state index is 0.254. The lowest BCUT2D eigenvalue weighted by atomic mass is 10.0. The standard InChI is InChI=1S/C37H50N6O7/c1-28-37(29(2)50-41-28)31-6-9-34-33(27-31)40-35(43(34)15-14-42-16-21-47-22-17-42)10-5-30-3-7-32(8-4-30)49-20-13-39-36(44)11-18-45-23-25-48-26-24-46-19-12-38/h3-4,6-9,11,18,27H,5,10,12-17,19-26,38H2,1-2H3,(H,39,44). The molecule has 13 heteroatoms. The number of fused-ring (bicyclic) bond motifs is 1. The quantitative estimate of drug-likeness (QED) is 0.0753. The van der Waals surface area contributed by atoms with Crippen LogP contribution in [0.1, 0.15) is 22.8 Å². The van der Waals surface area contributed by atoms with Crippen LogP contribution in [0, 0.1) is 13.8 Å². The average molecular weight is 691 g/mol. The molecule has 1 saturated heterocycles. The van der Waals surface area contributed by atoms with Crippen molar-refractivity contribution in [1.82, 2.24) is 24.9 Å². The Bertz CT molecular complexity index is 1630. The van der Waals surface area contributed by atoms with Gasteiger partial charge in [-0.3, -0.25) is 9.69 Å². The van der Waals surface area contributed by atoms with Crippen LogP contribution < -0.4 is 15.8 Å². The van der Waals surface area contributed by atoms with Crippen LogP contribution in [0.15, 0.2) is 59.3 Å². The molecule has 3 N–H and O–H groups in total. The van der Waals surface area contributed by atoms with Crippen molar-refractivity contribution in [3.8, 4) is 16.9 Å². The van der Waals surface area contributed by atoms with Crippen LogP contribution in [-0.4, -0.2) is 111 Å². The van der Waals surface area contributed by atoms with Gasteiger partial charge in [-0.25, -0.2) is 4.98 Å². The van der Waals surface area contributed by atoms with E-state index in [0.29, 0.717) is 52.7 Å². The molecule has 50 heavy (non-hydrogen) atoms. The number of morpholine rings is 1. The highest BCUT2D eigenvalue weighted by Crippen LogP contribution is 2.30. The van der Waals surface area contributed by atoms with Crippen LogP contribution in [0.25, 0.3) is 22.2 Å². The maximum atomic E-state index is 12.0. The van der Waals surface area contributed by atoms with Crippen molar-refractivity contribution in [3.05, 3.63) is 77.6 Å². The van der Waals surface area contributed by atoms with Gasteiger partial charge < -0.3 is 43.8 Å². The molecule has 1 aliphatic rings. The highest BCUT2D eigenvalue weighted by molar-refractivity contribution is 5.87. The summed E-state index contributed by atoms with van der Waals surface area (Å²) >= 11 is 0. The topological polar surface area (TPSA) is 148 Å². The van der Waals surface area contributed by atoms with Crippen molar-refractivity contribution >= 4 is 16.9 Å². The molecule has 0 unspecified atom stereocenters. The number of carbonyl (C=O) groups excluding carboxylic acids is 1. The first-order valence-corrected chi connectivity index (χ1v) is 17.4. The van der Waals surface area contributed by atoms with E-state index < -0.39 is 0 Å².